The summed E-state index contributed by atoms with van der Waals surface area (Å²) in [7, 11) is 0. The van der Waals surface area contributed by atoms with E-state index in [0.29, 0.717) is 99.7 Å². The third-order valence-corrected chi connectivity index (χ3v) is 13.6. The normalized spacial score (nSPS) is 28.1. The monoisotopic (exact) mass is 810 g/mol. The van der Waals surface area contributed by atoms with Crippen molar-refractivity contribution in [3.63, 3.8) is 0 Å². The Morgan fingerprint density at radius 3 is 2.60 bits per heavy atom. The zero-order valence-electron chi connectivity index (χ0n) is 32.9. The third kappa shape index (κ3) is 8.55. The molecule has 1 saturated heterocycles. The lowest BCUT2D eigenvalue weighted by Gasteiger charge is -2.47. The molecule has 0 bridgehead atoms. The van der Waals surface area contributed by atoms with Crippen molar-refractivity contribution >= 4 is 23.3 Å². The lowest BCUT2D eigenvalue weighted by atomic mass is 9.59. The molecule has 2 N–H and O–H groups in total. The third-order valence-electron chi connectivity index (χ3n) is 13.4. The van der Waals surface area contributed by atoms with Gasteiger partial charge in [0.25, 0.3) is 0 Å². The number of halogens is 4. The fraction of sp³-hybridized carbons (Fsp3) is 0.591. The second-order valence-corrected chi connectivity index (χ2v) is 17.8. The van der Waals surface area contributed by atoms with Crippen LogP contribution in [0.4, 0.5) is 18.9 Å². The highest BCUT2D eigenvalue weighted by Crippen LogP contribution is 2.58. The zero-order valence-corrected chi connectivity index (χ0v) is 33.6. The van der Waals surface area contributed by atoms with E-state index in [4.69, 9.17) is 25.8 Å². The van der Waals surface area contributed by atoms with Crippen molar-refractivity contribution in [2.45, 2.75) is 101 Å². The van der Waals surface area contributed by atoms with Crippen LogP contribution in [-0.2, 0) is 23.1 Å². The Balaban J connectivity index is 1.01. The number of piperazine rings is 1. The number of rotatable bonds is 11. The summed E-state index contributed by atoms with van der Waals surface area (Å²) in [5.74, 6) is 2.38. The van der Waals surface area contributed by atoms with Crippen molar-refractivity contribution < 1.29 is 37.3 Å². The smallest absolute Gasteiger partial charge is 0.401 e. The van der Waals surface area contributed by atoms with Gasteiger partial charge in [0, 0.05) is 60.9 Å². The molecule has 0 unspecified atom stereocenters. The topological polar surface area (TPSA) is 96.4 Å². The number of benzene rings is 2. The maximum Gasteiger partial charge on any atom is 0.401 e. The molecule has 8 rings (SSSR count). The number of aryl methyl sites for hydroxylation is 1. The number of pyridine rings is 1. The van der Waals surface area contributed by atoms with E-state index < -0.39 is 24.2 Å². The Labute approximate surface area is 338 Å². The molecule has 308 valence electrons. The van der Waals surface area contributed by atoms with Crippen LogP contribution in [-0.4, -0.2) is 96.2 Å². The fourth-order valence-electron chi connectivity index (χ4n) is 10.5. The number of ether oxygens (including phenoxy) is 3. The van der Waals surface area contributed by atoms with Crippen LogP contribution in [0, 0.1) is 11.8 Å². The van der Waals surface area contributed by atoms with Gasteiger partial charge in [-0.3, -0.25) is 14.8 Å². The minimum atomic E-state index is -4.20. The number of alkyl halides is 3. The number of aromatic nitrogens is 1. The van der Waals surface area contributed by atoms with E-state index in [9.17, 15) is 23.1 Å². The summed E-state index contributed by atoms with van der Waals surface area (Å²) in [6.45, 7) is 6.94. The van der Waals surface area contributed by atoms with E-state index >= 15 is 0 Å². The molecule has 2 fully saturated rings. The van der Waals surface area contributed by atoms with E-state index in [1.165, 1.54) is 21.6 Å². The number of carboxylic acids is 1. The van der Waals surface area contributed by atoms with Gasteiger partial charge in [0.1, 0.15) is 24.0 Å². The molecule has 9 nitrogen and oxygen atoms in total. The fourth-order valence-corrected chi connectivity index (χ4v) is 10.7. The minimum absolute atomic E-state index is 0.239. The van der Waals surface area contributed by atoms with Crippen LogP contribution in [0.1, 0.15) is 87.1 Å². The van der Waals surface area contributed by atoms with Crippen molar-refractivity contribution in [3.8, 4) is 17.2 Å². The molecule has 0 amide bonds. The SMILES string of the molecule is C[C@@H](COc1ccnc2c1[C@H](C)CCC2)C[C@H]1Cc2cc3c(cc2C12CCC(Nc1cccc(Cl)c1)(C(=O)O)CC2)O[C@H](CN1CCN(CC(F)(F)F)CC1)CO3. The van der Waals surface area contributed by atoms with Gasteiger partial charge in [-0.15, -0.1) is 0 Å². The molecule has 2 aliphatic heterocycles. The first-order valence-corrected chi connectivity index (χ1v) is 21.0. The van der Waals surface area contributed by atoms with Gasteiger partial charge in [-0.2, -0.15) is 13.2 Å². The second kappa shape index (κ2) is 16.1. The molecule has 3 aliphatic carbocycles. The number of hydrogen-bond acceptors (Lipinski definition) is 8. The van der Waals surface area contributed by atoms with E-state index in [2.05, 4.69) is 41.2 Å². The molecule has 13 heteroatoms. The molecule has 4 atom stereocenters. The number of fused-ring (bicyclic) bond motifs is 4. The molecule has 1 aromatic heterocycles. The second-order valence-electron chi connectivity index (χ2n) is 17.4. The largest absolute Gasteiger partial charge is 0.493 e. The van der Waals surface area contributed by atoms with E-state index in [-0.39, 0.29) is 23.4 Å². The lowest BCUT2D eigenvalue weighted by molar-refractivity contribution is -0.149. The standard InChI is InChI=1S/C44H54ClF3N4O5/c1-28(25-55-37-9-14-49-36-8-3-5-29(2)40(36)37)19-31-20-30-21-38-39(57-34(26-56-38)24-51-15-17-52(18-16-51)27-44(46,47)48)23-35(30)42(31)10-12-43(13-11-42,41(53)54)50-33-7-4-6-32(45)22-33/h4,6-7,9,14,21-23,28-29,31,34,50H,3,5,8,10-13,15-20,24-27H2,1-2H3,(H,53,54)/t28-,29-,31+,34-,42?,43?/m1/s1. The van der Waals surface area contributed by atoms with Crippen LogP contribution in [0.3, 0.4) is 0 Å². The number of aliphatic carboxylic acids is 1. The quantitative estimate of drug-likeness (QED) is 0.198. The first-order valence-electron chi connectivity index (χ1n) is 20.7. The summed E-state index contributed by atoms with van der Waals surface area (Å²) < 4.78 is 58.4. The van der Waals surface area contributed by atoms with Crippen LogP contribution in [0.25, 0.3) is 0 Å². The molecular formula is C44H54ClF3N4O5. The number of carbonyl (C=O) groups is 1. The van der Waals surface area contributed by atoms with Crippen LogP contribution in [0.5, 0.6) is 17.2 Å². The van der Waals surface area contributed by atoms with Gasteiger partial charge >= 0.3 is 12.1 Å². The predicted octanol–water partition coefficient (Wildman–Crippen LogP) is 8.52. The Bertz CT molecular complexity index is 1930. The average Bonchev–Trinajstić information content (AvgIpc) is 3.44. The summed E-state index contributed by atoms with van der Waals surface area (Å²) in [4.78, 5) is 21.4. The summed E-state index contributed by atoms with van der Waals surface area (Å²) in [5, 5.41) is 14.6. The van der Waals surface area contributed by atoms with Crippen molar-refractivity contribution in [2.75, 3.05) is 57.8 Å². The highest BCUT2D eigenvalue weighted by molar-refractivity contribution is 6.30. The van der Waals surface area contributed by atoms with Gasteiger partial charge in [-0.05, 0) is 128 Å². The van der Waals surface area contributed by atoms with Crippen LogP contribution < -0.4 is 19.5 Å². The van der Waals surface area contributed by atoms with Crippen molar-refractivity contribution in [3.05, 3.63) is 76.1 Å². The van der Waals surface area contributed by atoms with Gasteiger partial charge in [-0.1, -0.05) is 31.5 Å². The van der Waals surface area contributed by atoms with Crippen LogP contribution in [0.2, 0.25) is 5.02 Å². The average molecular weight is 811 g/mol. The van der Waals surface area contributed by atoms with Crippen molar-refractivity contribution in [1.29, 1.82) is 0 Å². The predicted molar refractivity (Wildman–Crippen MR) is 213 cm³/mol. The molecule has 57 heavy (non-hydrogen) atoms. The van der Waals surface area contributed by atoms with Crippen LogP contribution in [0.15, 0.2) is 48.7 Å². The first kappa shape index (κ1) is 40.1. The van der Waals surface area contributed by atoms with Gasteiger partial charge in [0.15, 0.2) is 11.5 Å². The maximum atomic E-state index is 13.1. The van der Waals surface area contributed by atoms with E-state index in [0.717, 1.165) is 43.5 Å². The van der Waals surface area contributed by atoms with E-state index in [1.54, 1.807) is 12.1 Å². The molecule has 0 radical (unpaired) electrons. The number of hydrogen-bond donors (Lipinski definition) is 2. The summed E-state index contributed by atoms with van der Waals surface area (Å²) in [6, 6.07) is 13.5. The number of anilines is 1. The number of nitrogens with zero attached hydrogens (tertiary/aromatic N) is 3. The molecule has 2 aromatic carbocycles. The number of nitrogens with one attached hydrogen (secondary N) is 1. The molecule has 1 spiro atoms. The Kier molecular flexibility index (Phi) is 11.3. The van der Waals surface area contributed by atoms with Gasteiger partial charge in [0.2, 0.25) is 0 Å². The van der Waals surface area contributed by atoms with Crippen molar-refractivity contribution in [1.82, 2.24) is 14.8 Å². The Hall–Kier alpha value is -3.74. The summed E-state index contributed by atoms with van der Waals surface area (Å²) in [6.07, 6.45) is 4.67. The van der Waals surface area contributed by atoms with Gasteiger partial charge < -0.3 is 24.6 Å². The van der Waals surface area contributed by atoms with E-state index in [1.807, 2.05) is 24.4 Å². The first-order chi connectivity index (χ1) is 27.3. The molecule has 3 aromatic rings. The van der Waals surface area contributed by atoms with Crippen LogP contribution >= 0.6 is 11.6 Å². The molecule has 3 heterocycles. The van der Waals surface area contributed by atoms with Crippen molar-refractivity contribution in [2.24, 2.45) is 11.8 Å². The van der Waals surface area contributed by atoms with Gasteiger partial charge in [-0.25, -0.2) is 4.79 Å². The lowest BCUT2D eigenvalue weighted by Crippen LogP contribution is -2.53. The maximum absolute atomic E-state index is 13.1. The Morgan fingerprint density at radius 2 is 1.86 bits per heavy atom. The summed E-state index contributed by atoms with van der Waals surface area (Å²) in [5.41, 5.74) is 4.10. The highest BCUT2D eigenvalue weighted by atomic mass is 35.5. The summed E-state index contributed by atoms with van der Waals surface area (Å²) >= 11 is 6.30. The highest BCUT2D eigenvalue weighted by Gasteiger charge is 2.54. The molecular weight excluding hydrogens is 757 g/mol. The molecule has 5 aliphatic rings. The minimum Gasteiger partial charge on any atom is -0.493 e. The van der Waals surface area contributed by atoms with Gasteiger partial charge in [0.05, 0.1) is 13.2 Å². The zero-order chi connectivity index (χ0) is 40.0. The molecule has 1 saturated carbocycles. The Morgan fingerprint density at radius 1 is 1.09 bits per heavy atom. The number of carboxylic acid groups (broad SMARTS) is 1.